The lowest BCUT2D eigenvalue weighted by Crippen LogP contribution is -2.30. The molecule has 2 rings (SSSR count). The van der Waals surface area contributed by atoms with Crippen molar-refractivity contribution < 1.29 is 9.59 Å². The van der Waals surface area contributed by atoms with Crippen LogP contribution in [0.3, 0.4) is 0 Å². The lowest BCUT2D eigenvalue weighted by atomic mass is 10.1. The zero-order valence-corrected chi connectivity index (χ0v) is 10.5. The van der Waals surface area contributed by atoms with Crippen LogP contribution in [0.1, 0.15) is 11.1 Å². The number of amides is 2. The third kappa shape index (κ3) is 1.69. The van der Waals surface area contributed by atoms with Gasteiger partial charge in [-0.1, -0.05) is 6.07 Å². The molecule has 82 valence electrons. The zero-order chi connectivity index (χ0) is 11.9. The molecule has 0 saturated carbocycles. The van der Waals surface area contributed by atoms with Crippen molar-refractivity contribution in [3.63, 3.8) is 0 Å². The lowest BCUT2D eigenvalue weighted by molar-refractivity contribution is -0.120. The average molecular weight is 280 g/mol. The first-order chi connectivity index (χ1) is 7.50. The zero-order valence-electron chi connectivity index (χ0n) is 8.95. The van der Waals surface area contributed by atoms with E-state index in [9.17, 15) is 9.59 Å². The summed E-state index contributed by atoms with van der Waals surface area (Å²) in [5.74, 6) is -0.588. The number of carbonyl (C=O) groups excluding carboxylic acids is 2. The summed E-state index contributed by atoms with van der Waals surface area (Å²) < 4.78 is 0.760. The molecule has 16 heavy (non-hydrogen) atoms. The van der Waals surface area contributed by atoms with Gasteiger partial charge in [0.1, 0.15) is 0 Å². The minimum absolute atomic E-state index is 0.294. The summed E-state index contributed by atoms with van der Waals surface area (Å²) in [5, 5.41) is 0. The molecule has 0 unspecified atom stereocenters. The molecular formula is C12H10BrNO2. The average Bonchev–Trinajstić information content (AvgIpc) is 2.47. The molecule has 0 N–H and O–H groups in total. The van der Waals surface area contributed by atoms with Crippen molar-refractivity contribution in [3.05, 3.63) is 39.9 Å². The van der Waals surface area contributed by atoms with E-state index in [0.717, 1.165) is 15.6 Å². The number of nitrogens with zero attached hydrogens (tertiary/aromatic N) is 1. The molecule has 0 saturated heterocycles. The van der Waals surface area contributed by atoms with Gasteiger partial charge >= 0.3 is 0 Å². The molecule has 0 bridgehead atoms. The number of rotatable bonds is 1. The molecule has 1 aromatic carbocycles. The van der Waals surface area contributed by atoms with Crippen LogP contribution in [-0.4, -0.2) is 11.8 Å². The smallest absolute Gasteiger partial charge is 0.258 e. The Morgan fingerprint density at radius 2 is 1.62 bits per heavy atom. The van der Waals surface area contributed by atoms with Gasteiger partial charge in [-0.3, -0.25) is 9.59 Å². The molecule has 1 aliphatic rings. The van der Waals surface area contributed by atoms with E-state index in [0.29, 0.717) is 5.69 Å². The third-order valence-electron chi connectivity index (χ3n) is 2.43. The van der Waals surface area contributed by atoms with Crippen LogP contribution in [0.5, 0.6) is 0 Å². The number of halogens is 1. The fourth-order valence-corrected chi connectivity index (χ4v) is 2.66. The standard InChI is InChI=1S/C12H10BrNO2/c1-7-5-8(2)12(9(13)6-7)14-10(15)3-4-11(14)16/h3-6H,1-2H3. The first-order valence-corrected chi connectivity index (χ1v) is 5.63. The second-order valence-electron chi connectivity index (χ2n) is 3.76. The van der Waals surface area contributed by atoms with Crippen LogP contribution in [-0.2, 0) is 9.59 Å². The van der Waals surface area contributed by atoms with Gasteiger partial charge in [0.15, 0.2) is 0 Å². The summed E-state index contributed by atoms with van der Waals surface area (Å²) in [6.07, 6.45) is 2.57. The van der Waals surface area contributed by atoms with Gasteiger partial charge in [0.05, 0.1) is 5.69 Å². The third-order valence-corrected chi connectivity index (χ3v) is 3.04. The molecule has 1 heterocycles. The molecule has 2 amide bonds. The number of benzene rings is 1. The Bertz CT molecular complexity index is 479. The summed E-state index contributed by atoms with van der Waals surface area (Å²) in [6.45, 7) is 3.85. The topological polar surface area (TPSA) is 37.4 Å². The summed E-state index contributed by atoms with van der Waals surface area (Å²) >= 11 is 3.39. The number of aryl methyl sites for hydroxylation is 2. The van der Waals surface area contributed by atoms with Crippen molar-refractivity contribution in [3.8, 4) is 0 Å². The highest BCUT2D eigenvalue weighted by Crippen LogP contribution is 2.33. The first-order valence-electron chi connectivity index (χ1n) is 4.83. The maximum absolute atomic E-state index is 11.6. The Morgan fingerprint density at radius 3 is 2.12 bits per heavy atom. The van der Waals surface area contributed by atoms with E-state index in [4.69, 9.17) is 0 Å². The number of carbonyl (C=O) groups is 2. The SMILES string of the molecule is Cc1cc(C)c(N2C(=O)C=CC2=O)c(Br)c1. The second kappa shape index (κ2) is 3.87. The van der Waals surface area contributed by atoms with Gasteiger partial charge < -0.3 is 0 Å². The van der Waals surface area contributed by atoms with Gasteiger partial charge in [-0.15, -0.1) is 0 Å². The molecule has 0 spiro atoms. The molecule has 1 aromatic rings. The van der Waals surface area contributed by atoms with E-state index in [1.165, 1.54) is 17.1 Å². The monoisotopic (exact) mass is 279 g/mol. The number of anilines is 1. The number of hydrogen-bond donors (Lipinski definition) is 0. The summed E-state index contributed by atoms with van der Waals surface area (Å²) in [7, 11) is 0. The Morgan fingerprint density at radius 1 is 1.06 bits per heavy atom. The summed E-state index contributed by atoms with van der Waals surface area (Å²) in [5.41, 5.74) is 2.61. The molecule has 1 aliphatic heterocycles. The van der Waals surface area contributed by atoms with E-state index < -0.39 is 0 Å². The molecule has 4 heteroatoms. The van der Waals surface area contributed by atoms with Crippen molar-refractivity contribution in [2.24, 2.45) is 0 Å². The molecule has 0 aromatic heterocycles. The van der Waals surface area contributed by atoms with Crippen LogP contribution in [0.2, 0.25) is 0 Å². The fraction of sp³-hybridized carbons (Fsp3) is 0.167. The van der Waals surface area contributed by atoms with Crippen LogP contribution < -0.4 is 4.90 Å². The van der Waals surface area contributed by atoms with Gasteiger partial charge in [-0.05, 0) is 47.0 Å². The Hall–Kier alpha value is -1.42. The van der Waals surface area contributed by atoms with Crippen molar-refractivity contribution >= 4 is 33.4 Å². The number of hydrogen-bond acceptors (Lipinski definition) is 2. The van der Waals surface area contributed by atoms with Crippen molar-refractivity contribution in [1.82, 2.24) is 0 Å². The fourth-order valence-electron chi connectivity index (χ4n) is 1.81. The lowest BCUT2D eigenvalue weighted by Gasteiger charge is -2.18. The molecule has 0 atom stereocenters. The van der Waals surface area contributed by atoms with Crippen LogP contribution >= 0.6 is 15.9 Å². The molecule has 0 fully saturated rings. The van der Waals surface area contributed by atoms with E-state index in [2.05, 4.69) is 15.9 Å². The maximum atomic E-state index is 11.6. The van der Waals surface area contributed by atoms with Gasteiger partial charge in [0.2, 0.25) is 0 Å². The van der Waals surface area contributed by atoms with Gasteiger partial charge in [-0.25, -0.2) is 4.90 Å². The van der Waals surface area contributed by atoms with Crippen molar-refractivity contribution in [2.45, 2.75) is 13.8 Å². The van der Waals surface area contributed by atoms with E-state index in [1.807, 2.05) is 26.0 Å². The Kier molecular flexibility index (Phi) is 2.68. The highest BCUT2D eigenvalue weighted by molar-refractivity contribution is 9.10. The minimum atomic E-state index is -0.294. The van der Waals surface area contributed by atoms with E-state index in [-0.39, 0.29) is 11.8 Å². The molecule has 0 radical (unpaired) electrons. The van der Waals surface area contributed by atoms with Gasteiger partial charge in [0, 0.05) is 16.6 Å². The second-order valence-corrected chi connectivity index (χ2v) is 4.61. The molecule has 0 aliphatic carbocycles. The Balaban J connectivity index is 2.57. The molecular weight excluding hydrogens is 270 g/mol. The van der Waals surface area contributed by atoms with Gasteiger partial charge in [-0.2, -0.15) is 0 Å². The van der Waals surface area contributed by atoms with Crippen molar-refractivity contribution in [1.29, 1.82) is 0 Å². The van der Waals surface area contributed by atoms with Crippen LogP contribution in [0.25, 0.3) is 0 Å². The quantitative estimate of drug-likeness (QED) is 0.741. The highest BCUT2D eigenvalue weighted by atomic mass is 79.9. The predicted octanol–water partition coefficient (Wildman–Crippen LogP) is 2.50. The van der Waals surface area contributed by atoms with E-state index >= 15 is 0 Å². The van der Waals surface area contributed by atoms with Crippen molar-refractivity contribution in [2.75, 3.05) is 4.90 Å². The minimum Gasteiger partial charge on any atom is -0.269 e. The summed E-state index contributed by atoms with van der Waals surface area (Å²) in [6, 6.07) is 3.83. The largest absolute Gasteiger partial charge is 0.269 e. The van der Waals surface area contributed by atoms with E-state index in [1.54, 1.807) is 0 Å². The number of imide groups is 1. The maximum Gasteiger partial charge on any atom is 0.258 e. The van der Waals surface area contributed by atoms with Gasteiger partial charge in [0.25, 0.3) is 11.8 Å². The highest BCUT2D eigenvalue weighted by Gasteiger charge is 2.28. The summed E-state index contributed by atoms with van der Waals surface area (Å²) in [4.78, 5) is 24.3. The Labute approximate surface area is 102 Å². The van der Waals surface area contributed by atoms with Crippen LogP contribution in [0.4, 0.5) is 5.69 Å². The molecule has 3 nitrogen and oxygen atoms in total. The first kappa shape index (κ1) is 11.1. The predicted molar refractivity (Wildman–Crippen MR) is 65.2 cm³/mol. The van der Waals surface area contributed by atoms with Crippen LogP contribution in [0, 0.1) is 13.8 Å². The normalized spacial score (nSPS) is 15.1. The van der Waals surface area contributed by atoms with Crippen LogP contribution in [0.15, 0.2) is 28.8 Å².